The maximum atomic E-state index is 12.3. The number of methoxy groups -OCH3 is 1. The molecule has 3 aromatic rings. The van der Waals surface area contributed by atoms with Gasteiger partial charge in [0.1, 0.15) is 5.82 Å². The average molecular weight is 323 g/mol. The van der Waals surface area contributed by atoms with Crippen LogP contribution < -0.4 is 5.56 Å². The minimum absolute atomic E-state index is 0.247. The zero-order valence-electron chi connectivity index (χ0n) is 13.5. The third-order valence-electron chi connectivity index (χ3n) is 4.46. The molecule has 0 unspecified atom stereocenters. The first-order valence-electron chi connectivity index (χ1n) is 7.86. The largest absolute Gasteiger partial charge is 0.465 e. The fourth-order valence-electron chi connectivity index (χ4n) is 2.99. The lowest BCUT2D eigenvalue weighted by atomic mass is 10.2. The molecule has 0 bridgehead atoms. The molecule has 0 spiro atoms. The molecule has 4 rings (SSSR count). The number of carbonyl (C=O) groups excluding carboxylic acids is 1. The van der Waals surface area contributed by atoms with Crippen molar-refractivity contribution in [2.45, 2.75) is 18.8 Å². The summed E-state index contributed by atoms with van der Waals surface area (Å²) in [6, 6.07) is 8.61. The molecule has 1 aromatic carbocycles. The van der Waals surface area contributed by atoms with Crippen LogP contribution in [0, 0.1) is 0 Å². The fraction of sp³-hybridized carbons (Fsp3) is 0.278. The molecule has 1 aliphatic rings. The number of pyridine rings is 1. The minimum atomic E-state index is -0.518. The Hall–Kier alpha value is -2.89. The van der Waals surface area contributed by atoms with Crippen LogP contribution in [-0.4, -0.2) is 27.2 Å². The molecule has 1 fully saturated rings. The van der Waals surface area contributed by atoms with Crippen molar-refractivity contribution in [3.05, 3.63) is 58.3 Å². The van der Waals surface area contributed by atoms with Gasteiger partial charge in [-0.05, 0) is 37.1 Å². The summed E-state index contributed by atoms with van der Waals surface area (Å²) in [7, 11) is 3.30. The molecule has 122 valence electrons. The molecule has 0 saturated heterocycles. The van der Waals surface area contributed by atoms with Gasteiger partial charge in [-0.1, -0.05) is 0 Å². The summed E-state index contributed by atoms with van der Waals surface area (Å²) < 4.78 is 8.25. The number of esters is 1. The van der Waals surface area contributed by atoms with E-state index < -0.39 is 5.97 Å². The molecule has 0 aliphatic heterocycles. The highest BCUT2D eigenvalue weighted by Crippen LogP contribution is 2.40. The van der Waals surface area contributed by atoms with Gasteiger partial charge in [-0.3, -0.25) is 9.36 Å². The third-order valence-corrected chi connectivity index (χ3v) is 4.46. The number of benzene rings is 1. The van der Waals surface area contributed by atoms with Crippen molar-refractivity contribution in [1.82, 2.24) is 14.1 Å². The maximum Gasteiger partial charge on any atom is 0.338 e. The monoisotopic (exact) mass is 323 g/mol. The van der Waals surface area contributed by atoms with Crippen LogP contribution in [0.25, 0.3) is 16.7 Å². The van der Waals surface area contributed by atoms with Gasteiger partial charge >= 0.3 is 5.97 Å². The minimum Gasteiger partial charge on any atom is -0.465 e. The van der Waals surface area contributed by atoms with Crippen molar-refractivity contribution in [2.75, 3.05) is 7.11 Å². The van der Waals surface area contributed by atoms with E-state index in [1.807, 2.05) is 25.2 Å². The highest BCUT2D eigenvalue weighted by molar-refractivity contribution is 5.89. The molecule has 1 saturated carbocycles. The Labute approximate surface area is 138 Å². The predicted octanol–water partition coefficient (Wildman–Crippen LogP) is 2.39. The van der Waals surface area contributed by atoms with Crippen LogP contribution in [0.5, 0.6) is 0 Å². The fourth-order valence-corrected chi connectivity index (χ4v) is 2.99. The molecule has 0 amide bonds. The van der Waals surface area contributed by atoms with E-state index >= 15 is 0 Å². The molecule has 1 aliphatic carbocycles. The van der Waals surface area contributed by atoms with Gasteiger partial charge < -0.3 is 9.30 Å². The van der Waals surface area contributed by atoms with Gasteiger partial charge in [0, 0.05) is 25.2 Å². The van der Waals surface area contributed by atoms with Crippen molar-refractivity contribution < 1.29 is 9.53 Å². The first kappa shape index (κ1) is 14.7. The summed E-state index contributed by atoms with van der Waals surface area (Å²) in [5, 5.41) is 0. The van der Waals surface area contributed by atoms with E-state index in [1.165, 1.54) is 30.6 Å². The molecule has 0 radical (unpaired) electrons. The Bertz CT molecular complexity index is 1010. The number of aromatic nitrogens is 3. The van der Waals surface area contributed by atoms with Crippen molar-refractivity contribution in [1.29, 1.82) is 0 Å². The number of fused-ring (bicyclic) bond motifs is 1. The normalized spacial score (nSPS) is 14.1. The zero-order chi connectivity index (χ0) is 16.8. The highest BCUT2D eigenvalue weighted by Gasteiger charge is 2.28. The molecule has 6 heteroatoms. The summed E-state index contributed by atoms with van der Waals surface area (Å²) in [6.45, 7) is 0. The lowest BCUT2D eigenvalue weighted by Crippen LogP contribution is -2.19. The van der Waals surface area contributed by atoms with Crippen LogP contribution in [0.15, 0.2) is 41.3 Å². The number of aryl methyl sites for hydroxylation is 1. The lowest BCUT2D eigenvalue weighted by Gasteiger charge is -2.07. The Kier molecular flexibility index (Phi) is 3.26. The van der Waals surface area contributed by atoms with E-state index in [0.717, 1.165) is 22.5 Å². The number of imidazole rings is 1. The van der Waals surface area contributed by atoms with Gasteiger partial charge in [0.25, 0.3) is 5.56 Å². The number of hydrogen-bond donors (Lipinski definition) is 0. The van der Waals surface area contributed by atoms with E-state index in [2.05, 4.69) is 9.30 Å². The number of carbonyl (C=O) groups is 1. The second kappa shape index (κ2) is 5.33. The van der Waals surface area contributed by atoms with Crippen LogP contribution in [-0.2, 0) is 11.8 Å². The quantitative estimate of drug-likeness (QED) is 0.694. The second-order valence-electron chi connectivity index (χ2n) is 6.09. The summed E-state index contributed by atoms with van der Waals surface area (Å²) >= 11 is 0. The van der Waals surface area contributed by atoms with Crippen molar-refractivity contribution in [3.63, 3.8) is 0 Å². The topological polar surface area (TPSA) is 66.1 Å². The molecule has 24 heavy (non-hydrogen) atoms. The molecular weight excluding hydrogens is 306 g/mol. The number of ether oxygens (including phenoxy) is 1. The summed E-state index contributed by atoms with van der Waals surface area (Å²) in [5.41, 5.74) is 2.65. The van der Waals surface area contributed by atoms with Gasteiger partial charge in [-0.2, -0.15) is 0 Å². The predicted molar refractivity (Wildman–Crippen MR) is 89.6 cm³/mol. The lowest BCUT2D eigenvalue weighted by molar-refractivity contribution is 0.0600. The van der Waals surface area contributed by atoms with Crippen LogP contribution in [0.2, 0.25) is 0 Å². The molecule has 2 heterocycles. The maximum absolute atomic E-state index is 12.3. The van der Waals surface area contributed by atoms with Crippen molar-refractivity contribution >= 4 is 17.0 Å². The van der Waals surface area contributed by atoms with Crippen molar-refractivity contribution in [3.8, 4) is 5.69 Å². The SMILES string of the molecule is COC(=O)c1ccn(-c2ccc3nc(C4CC4)n(C)c3c2)c(=O)c1. The van der Waals surface area contributed by atoms with Gasteiger partial charge in [-0.25, -0.2) is 9.78 Å². The summed E-state index contributed by atoms with van der Waals surface area (Å²) in [4.78, 5) is 28.6. The Balaban J connectivity index is 1.80. The third kappa shape index (κ3) is 2.31. The molecule has 2 aromatic heterocycles. The number of hydrogen-bond acceptors (Lipinski definition) is 4. The van der Waals surface area contributed by atoms with Crippen LogP contribution in [0.1, 0.15) is 34.9 Å². The summed E-state index contributed by atoms with van der Waals surface area (Å²) in [5.74, 6) is 1.15. The molecule has 0 atom stereocenters. The molecule has 6 nitrogen and oxygen atoms in total. The van der Waals surface area contributed by atoms with Gasteiger partial charge in [0.15, 0.2) is 0 Å². The Morgan fingerprint density at radius 1 is 1.25 bits per heavy atom. The van der Waals surface area contributed by atoms with Gasteiger partial charge in [0.2, 0.25) is 0 Å². The zero-order valence-corrected chi connectivity index (χ0v) is 13.5. The Morgan fingerprint density at radius 3 is 2.71 bits per heavy atom. The van der Waals surface area contributed by atoms with Crippen LogP contribution >= 0.6 is 0 Å². The van der Waals surface area contributed by atoms with E-state index in [9.17, 15) is 9.59 Å². The Morgan fingerprint density at radius 2 is 2.04 bits per heavy atom. The van der Waals surface area contributed by atoms with Crippen LogP contribution in [0.3, 0.4) is 0 Å². The number of rotatable bonds is 3. The van der Waals surface area contributed by atoms with Crippen LogP contribution in [0.4, 0.5) is 0 Å². The first-order valence-corrected chi connectivity index (χ1v) is 7.86. The average Bonchev–Trinajstić information content (AvgIpc) is 3.38. The standard InChI is InChI=1S/C18H17N3O3/c1-20-15-10-13(5-6-14(15)19-17(20)11-3-4-11)21-8-7-12(9-16(21)22)18(23)24-2/h5-11H,3-4H2,1-2H3. The second-order valence-corrected chi connectivity index (χ2v) is 6.09. The molecular formula is C18H17N3O3. The van der Waals surface area contributed by atoms with E-state index in [0.29, 0.717) is 5.92 Å². The van der Waals surface area contributed by atoms with Gasteiger partial charge in [-0.15, -0.1) is 0 Å². The number of nitrogens with zero attached hydrogens (tertiary/aromatic N) is 3. The van der Waals surface area contributed by atoms with E-state index in [4.69, 9.17) is 4.98 Å². The summed E-state index contributed by atoms with van der Waals surface area (Å²) in [6.07, 6.45) is 3.98. The van der Waals surface area contributed by atoms with Crippen molar-refractivity contribution in [2.24, 2.45) is 7.05 Å². The first-order chi connectivity index (χ1) is 11.6. The van der Waals surface area contributed by atoms with E-state index in [-0.39, 0.29) is 11.1 Å². The molecule has 0 N–H and O–H groups in total. The highest BCUT2D eigenvalue weighted by atomic mass is 16.5. The van der Waals surface area contributed by atoms with Gasteiger partial charge in [0.05, 0.1) is 29.4 Å². The smallest absolute Gasteiger partial charge is 0.338 e. The van der Waals surface area contributed by atoms with E-state index in [1.54, 1.807) is 12.3 Å².